The molecule has 0 heterocycles. The number of hydrogen-bond acceptors (Lipinski definition) is 3. The van der Waals surface area contributed by atoms with Crippen LogP contribution in [0.5, 0.6) is 5.75 Å². The van der Waals surface area contributed by atoms with Crippen LogP contribution >= 0.6 is 12.2 Å². The zero-order valence-electron chi connectivity index (χ0n) is 11.0. The van der Waals surface area contributed by atoms with Crippen molar-refractivity contribution in [3.63, 3.8) is 0 Å². The van der Waals surface area contributed by atoms with Crippen molar-refractivity contribution >= 4 is 22.9 Å². The Morgan fingerprint density at radius 1 is 1.50 bits per heavy atom. The Bertz CT molecular complexity index is 443. The second-order valence-corrected chi connectivity index (χ2v) is 5.73. The van der Waals surface area contributed by atoms with Gasteiger partial charge in [-0.25, -0.2) is 0 Å². The molecule has 0 bridgehead atoms. The van der Waals surface area contributed by atoms with E-state index in [1.807, 2.05) is 12.1 Å². The van der Waals surface area contributed by atoms with Gasteiger partial charge in [0, 0.05) is 31.8 Å². The van der Waals surface area contributed by atoms with E-state index in [1.54, 1.807) is 7.11 Å². The van der Waals surface area contributed by atoms with Gasteiger partial charge in [-0.15, -0.1) is 0 Å². The molecule has 0 amide bonds. The average Bonchev–Trinajstić information content (AvgIpc) is 3.07. The number of nitrogens with zero attached hydrogens (tertiary/aromatic N) is 1. The number of thiocarbonyl (C=S) groups is 1. The van der Waals surface area contributed by atoms with E-state index in [4.69, 9.17) is 22.7 Å². The van der Waals surface area contributed by atoms with Crippen molar-refractivity contribution in [2.45, 2.75) is 19.3 Å². The predicted molar refractivity (Wildman–Crippen MR) is 79.3 cm³/mol. The zero-order valence-corrected chi connectivity index (χ0v) is 11.8. The molecule has 2 N–H and O–H groups in total. The van der Waals surface area contributed by atoms with Gasteiger partial charge in [-0.1, -0.05) is 18.3 Å². The van der Waals surface area contributed by atoms with Gasteiger partial charge in [0.15, 0.2) is 0 Å². The first-order valence-corrected chi connectivity index (χ1v) is 6.59. The van der Waals surface area contributed by atoms with Crippen LogP contribution < -0.4 is 15.4 Å². The van der Waals surface area contributed by atoms with Crippen molar-refractivity contribution in [2.24, 2.45) is 11.1 Å². The van der Waals surface area contributed by atoms with E-state index in [2.05, 4.69) is 24.1 Å². The van der Waals surface area contributed by atoms with Crippen LogP contribution in [0.4, 0.5) is 5.69 Å². The molecule has 1 aromatic carbocycles. The number of hydrogen-bond donors (Lipinski definition) is 1. The molecule has 0 spiro atoms. The van der Waals surface area contributed by atoms with E-state index in [-0.39, 0.29) is 0 Å². The standard InChI is InChI=1S/C14H20N2OS/c1-16(10-14(6-7-14)9-13(15)18)11-4-3-5-12(8-11)17-2/h3-5,8H,6-7,9-10H2,1-2H3,(H2,15,18). The maximum absolute atomic E-state index is 5.67. The van der Waals surface area contributed by atoms with Gasteiger partial charge >= 0.3 is 0 Å². The summed E-state index contributed by atoms with van der Waals surface area (Å²) in [6.45, 7) is 0.998. The molecule has 1 aliphatic carbocycles. The number of benzene rings is 1. The van der Waals surface area contributed by atoms with E-state index in [9.17, 15) is 0 Å². The SMILES string of the molecule is COc1cccc(N(C)CC2(CC(N)=S)CC2)c1. The lowest BCUT2D eigenvalue weighted by molar-refractivity contribution is 0.414. The summed E-state index contributed by atoms with van der Waals surface area (Å²) in [4.78, 5) is 2.89. The van der Waals surface area contributed by atoms with E-state index >= 15 is 0 Å². The number of rotatable bonds is 6. The van der Waals surface area contributed by atoms with E-state index in [1.165, 1.54) is 18.5 Å². The van der Waals surface area contributed by atoms with Crippen LogP contribution in [0.3, 0.4) is 0 Å². The molecule has 0 aromatic heterocycles. The van der Waals surface area contributed by atoms with Gasteiger partial charge in [0.1, 0.15) is 5.75 Å². The van der Waals surface area contributed by atoms with Gasteiger partial charge in [-0.3, -0.25) is 0 Å². The third kappa shape index (κ3) is 3.13. The Hall–Kier alpha value is -1.29. The molecule has 1 aromatic rings. The topological polar surface area (TPSA) is 38.5 Å². The Morgan fingerprint density at radius 3 is 2.78 bits per heavy atom. The first-order chi connectivity index (χ1) is 8.54. The molecule has 18 heavy (non-hydrogen) atoms. The largest absolute Gasteiger partial charge is 0.497 e. The molecule has 1 aliphatic rings. The highest BCUT2D eigenvalue weighted by atomic mass is 32.1. The molecule has 1 saturated carbocycles. The van der Waals surface area contributed by atoms with Gasteiger partial charge in [-0.2, -0.15) is 0 Å². The first-order valence-electron chi connectivity index (χ1n) is 6.18. The van der Waals surface area contributed by atoms with Crippen LogP contribution in [-0.4, -0.2) is 25.7 Å². The fraction of sp³-hybridized carbons (Fsp3) is 0.500. The van der Waals surface area contributed by atoms with Crippen LogP contribution in [0.1, 0.15) is 19.3 Å². The fourth-order valence-electron chi connectivity index (χ4n) is 2.38. The summed E-state index contributed by atoms with van der Waals surface area (Å²) >= 11 is 5.03. The molecule has 0 saturated heterocycles. The average molecular weight is 264 g/mol. The molecular weight excluding hydrogens is 244 g/mol. The van der Waals surface area contributed by atoms with Gasteiger partial charge in [-0.05, 0) is 30.4 Å². The summed E-state index contributed by atoms with van der Waals surface area (Å²) in [5.74, 6) is 0.888. The van der Waals surface area contributed by atoms with Crippen molar-refractivity contribution in [1.82, 2.24) is 0 Å². The Morgan fingerprint density at radius 2 is 2.22 bits per heavy atom. The van der Waals surface area contributed by atoms with Gasteiger partial charge in [0.2, 0.25) is 0 Å². The van der Waals surface area contributed by atoms with Crippen LogP contribution in [-0.2, 0) is 0 Å². The van der Waals surface area contributed by atoms with E-state index in [0.29, 0.717) is 10.4 Å². The smallest absolute Gasteiger partial charge is 0.120 e. The van der Waals surface area contributed by atoms with Gasteiger partial charge in [0.05, 0.1) is 12.1 Å². The van der Waals surface area contributed by atoms with E-state index < -0.39 is 0 Å². The Balaban J connectivity index is 2.03. The molecule has 1 fully saturated rings. The Kier molecular flexibility index (Phi) is 3.76. The summed E-state index contributed by atoms with van der Waals surface area (Å²) < 4.78 is 5.25. The molecule has 0 unspecified atom stereocenters. The monoisotopic (exact) mass is 264 g/mol. The third-order valence-electron chi connectivity index (χ3n) is 3.57. The van der Waals surface area contributed by atoms with Crippen molar-refractivity contribution in [2.75, 3.05) is 25.6 Å². The van der Waals surface area contributed by atoms with E-state index in [0.717, 1.165) is 18.7 Å². The van der Waals surface area contributed by atoms with Crippen LogP contribution in [0.15, 0.2) is 24.3 Å². The highest BCUT2D eigenvalue weighted by Crippen LogP contribution is 2.49. The lowest BCUT2D eigenvalue weighted by atomic mass is 10.0. The van der Waals surface area contributed by atoms with Gasteiger partial charge < -0.3 is 15.4 Å². The highest BCUT2D eigenvalue weighted by Gasteiger charge is 2.43. The summed E-state index contributed by atoms with van der Waals surface area (Å²) in [5.41, 5.74) is 7.15. The second kappa shape index (κ2) is 5.14. The van der Waals surface area contributed by atoms with Crippen molar-refractivity contribution in [3.05, 3.63) is 24.3 Å². The maximum Gasteiger partial charge on any atom is 0.120 e. The van der Waals surface area contributed by atoms with Crippen molar-refractivity contribution < 1.29 is 4.74 Å². The molecule has 4 heteroatoms. The number of ether oxygens (including phenoxy) is 1. The molecular formula is C14H20N2OS. The normalized spacial score (nSPS) is 16.1. The second-order valence-electron chi connectivity index (χ2n) is 5.20. The molecule has 3 nitrogen and oxygen atoms in total. The highest BCUT2D eigenvalue weighted by molar-refractivity contribution is 7.80. The molecule has 98 valence electrons. The van der Waals surface area contributed by atoms with Gasteiger partial charge in [0.25, 0.3) is 0 Å². The minimum Gasteiger partial charge on any atom is -0.497 e. The molecule has 0 atom stereocenters. The van der Waals surface area contributed by atoms with Crippen LogP contribution in [0.2, 0.25) is 0 Å². The summed E-state index contributed by atoms with van der Waals surface area (Å²) in [6.07, 6.45) is 3.30. The van der Waals surface area contributed by atoms with Crippen LogP contribution in [0, 0.1) is 5.41 Å². The quantitative estimate of drug-likeness (QED) is 0.802. The fourth-order valence-corrected chi connectivity index (χ4v) is 2.69. The molecule has 0 aliphatic heterocycles. The summed E-state index contributed by atoms with van der Waals surface area (Å²) in [5, 5.41) is 0. The number of anilines is 1. The lowest BCUT2D eigenvalue weighted by Gasteiger charge is -2.25. The molecule has 0 radical (unpaired) electrons. The molecule has 2 rings (SSSR count). The van der Waals surface area contributed by atoms with Crippen LogP contribution in [0.25, 0.3) is 0 Å². The maximum atomic E-state index is 5.67. The third-order valence-corrected chi connectivity index (χ3v) is 3.72. The first kappa shape index (κ1) is 13.1. The zero-order chi connectivity index (χ0) is 13.2. The summed E-state index contributed by atoms with van der Waals surface area (Å²) in [7, 11) is 3.79. The Labute approximate surface area is 114 Å². The van der Waals surface area contributed by atoms with Crippen molar-refractivity contribution in [1.29, 1.82) is 0 Å². The predicted octanol–water partition coefficient (Wildman–Crippen LogP) is 2.59. The van der Waals surface area contributed by atoms with Crippen molar-refractivity contribution in [3.8, 4) is 5.75 Å². The minimum atomic E-state index is 0.309. The summed E-state index contributed by atoms with van der Waals surface area (Å²) in [6, 6.07) is 8.12. The minimum absolute atomic E-state index is 0.309. The lowest BCUT2D eigenvalue weighted by Crippen LogP contribution is -2.29. The number of methoxy groups -OCH3 is 1. The number of nitrogens with two attached hydrogens (primary N) is 1.